The molecule has 0 saturated heterocycles. The summed E-state index contributed by atoms with van der Waals surface area (Å²) < 4.78 is 18.8. The van der Waals surface area contributed by atoms with E-state index in [9.17, 15) is 4.39 Å². The second kappa shape index (κ2) is 7.03. The van der Waals surface area contributed by atoms with Crippen molar-refractivity contribution in [3.05, 3.63) is 88.2 Å². The molecule has 0 unspecified atom stereocenters. The highest BCUT2D eigenvalue weighted by Gasteiger charge is 2.11. The normalized spacial score (nSPS) is 10.6. The van der Waals surface area contributed by atoms with Gasteiger partial charge < -0.3 is 4.74 Å². The smallest absolute Gasteiger partial charge is 0.157 e. The lowest BCUT2D eigenvalue weighted by Crippen LogP contribution is -1.96. The number of halogens is 3. The van der Waals surface area contributed by atoms with E-state index in [1.807, 2.05) is 30.3 Å². The second-order valence-electron chi connectivity index (χ2n) is 5.05. The molecule has 0 aliphatic carbocycles. The fraction of sp³-hybridized carbons (Fsp3) is 0.0526. The molecule has 3 aromatic carbocycles. The molecular formula is C19H13Cl2FO. The topological polar surface area (TPSA) is 9.23 Å². The number of rotatable bonds is 4. The lowest BCUT2D eigenvalue weighted by molar-refractivity contribution is 0.306. The molecule has 0 amide bonds. The Balaban J connectivity index is 1.84. The predicted octanol–water partition coefficient (Wildman–Crippen LogP) is 6.38. The van der Waals surface area contributed by atoms with Gasteiger partial charge >= 0.3 is 0 Å². The van der Waals surface area contributed by atoms with Gasteiger partial charge in [-0.25, -0.2) is 4.39 Å². The van der Waals surface area contributed by atoms with Crippen molar-refractivity contribution in [2.45, 2.75) is 6.61 Å². The molecule has 0 heterocycles. The maximum atomic E-state index is 13.0. The van der Waals surface area contributed by atoms with Gasteiger partial charge in [0.2, 0.25) is 0 Å². The molecule has 23 heavy (non-hydrogen) atoms. The van der Waals surface area contributed by atoms with Crippen molar-refractivity contribution in [3.8, 4) is 16.9 Å². The molecule has 116 valence electrons. The van der Waals surface area contributed by atoms with E-state index in [4.69, 9.17) is 27.9 Å². The number of hydrogen-bond acceptors (Lipinski definition) is 1. The third-order valence-corrected chi connectivity index (χ3v) is 3.96. The summed E-state index contributed by atoms with van der Waals surface area (Å²) >= 11 is 12.6. The summed E-state index contributed by atoms with van der Waals surface area (Å²) in [4.78, 5) is 0. The van der Waals surface area contributed by atoms with E-state index >= 15 is 0 Å². The van der Waals surface area contributed by atoms with Gasteiger partial charge in [0.1, 0.15) is 12.4 Å². The van der Waals surface area contributed by atoms with Gasteiger partial charge in [0.25, 0.3) is 0 Å². The molecule has 0 fully saturated rings. The molecule has 0 spiro atoms. The van der Waals surface area contributed by atoms with Crippen LogP contribution in [0.3, 0.4) is 0 Å². The fourth-order valence-corrected chi connectivity index (χ4v) is 2.83. The quantitative estimate of drug-likeness (QED) is 0.532. The number of benzene rings is 3. The van der Waals surface area contributed by atoms with E-state index < -0.39 is 0 Å². The Kier molecular flexibility index (Phi) is 4.85. The molecule has 0 saturated carbocycles. The van der Waals surface area contributed by atoms with Gasteiger partial charge in [-0.1, -0.05) is 65.7 Å². The third kappa shape index (κ3) is 3.84. The van der Waals surface area contributed by atoms with Crippen molar-refractivity contribution < 1.29 is 9.13 Å². The zero-order valence-electron chi connectivity index (χ0n) is 12.1. The van der Waals surface area contributed by atoms with Crippen LogP contribution in [0.25, 0.3) is 11.1 Å². The lowest BCUT2D eigenvalue weighted by atomic mass is 10.1. The molecule has 0 atom stereocenters. The highest BCUT2D eigenvalue weighted by Crippen LogP contribution is 2.38. The Bertz CT molecular complexity index is 778. The van der Waals surface area contributed by atoms with Gasteiger partial charge in [-0.2, -0.15) is 0 Å². The molecule has 0 aliphatic rings. The first-order valence-corrected chi connectivity index (χ1v) is 7.81. The van der Waals surface area contributed by atoms with Crippen LogP contribution in [0.15, 0.2) is 66.7 Å². The van der Waals surface area contributed by atoms with Crippen LogP contribution in [0.5, 0.6) is 5.75 Å². The van der Waals surface area contributed by atoms with E-state index in [2.05, 4.69) is 0 Å². The molecule has 1 nitrogen and oxygen atoms in total. The minimum absolute atomic E-state index is 0.284. The number of hydrogen-bond donors (Lipinski definition) is 0. The lowest BCUT2D eigenvalue weighted by Gasteiger charge is -2.12. The summed E-state index contributed by atoms with van der Waals surface area (Å²) in [7, 11) is 0. The molecule has 4 heteroatoms. The SMILES string of the molecule is Fc1ccc(-c2cc(Cl)c(OCc3ccccc3)c(Cl)c2)cc1. The maximum absolute atomic E-state index is 13.0. The van der Waals surface area contributed by atoms with Gasteiger partial charge in [0, 0.05) is 0 Å². The second-order valence-corrected chi connectivity index (χ2v) is 5.86. The predicted molar refractivity (Wildman–Crippen MR) is 92.6 cm³/mol. The summed E-state index contributed by atoms with van der Waals surface area (Å²) in [6.07, 6.45) is 0. The van der Waals surface area contributed by atoms with Crippen molar-refractivity contribution in [2.75, 3.05) is 0 Å². The molecule has 0 aromatic heterocycles. The van der Waals surface area contributed by atoms with E-state index in [0.717, 1.165) is 16.7 Å². The van der Waals surface area contributed by atoms with Gasteiger partial charge in [-0.3, -0.25) is 0 Å². The van der Waals surface area contributed by atoms with Crippen LogP contribution in [0, 0.1) is 5.82 Å². The molecule has 0 aliphatic heterocycles. The Hall–Kier alpha value is -2.03. The summed E-state index contributed by atoms with van der Waals surface area (Å²) in [5.74, 6) is 0.164. The zero-order chi connectivity index (χ0) is 16.2. The van der Waals surface area contributed by atoms with E-state index in [1.165, 1.54) is 12.1 Å². The first kappa shape index (κ1) is 15.9. The molecule has 0 N–H and O–H groups in total. The molecule has 3 aromatic rings. The Morgan fingerprint density at radius 2 is 1.39 bits per heavy atom. The standard InChI is InChI=1S/C19H13Cl2FO/c20-17-10-15(14-6-8-16(22)9-7-14)11-18(21)19(17)23-12-13-4-2-1-3-5-13/h1-11H,12H2. The summed E-state index contributed by atoms with van der Waals surface area (Å²) in [6.45, 7) is 0.385. The largest absolute Gasteiger partial charge is 0.486 e. The van der Waals surface area contributed by atoms with Crippen molar-refractivity contribution >= 4 is 23.2 Å². The first-order chi connectivity index (χ1) is 11.1. The summed E-state index contributed by atoms with van der Waals surface area (Å²) in [5, 5.41) is 0.848. The molecule has 0 bridgehead atoms. The van der Waals surface area contributed by atoms with Crippen LogP contribution in [0.4, 0.5) is 4.39 Å². The third-order valence-electron chi connectivity index (χ3n) is 3.40. The van der Waals surface area contributed by atoms with Crippen LogP contribution < -0.4 is 4.74 Å². The van der Waals surface area contributed by atoms with E-state index in [0.29, 0.717) is 22.4 Å². The summed E-state index contributed by atoms with van der Waals surface area (Å²) in [6, 6.07) is 19.5. The van der Waals surface area contributed by atoms with E-state index in [-0.39, 0.29) is 5.82 Å². The van der Waals surface area contributed by atoms with Crippen LogP contribution in [-0.2, 0) is 6.61 Å². The monoisotopic (exact) mass is 346 g/mol. The molecular weight excluding hydrogens is 334 g/mol. The maximum Gasteiger partial charge on any atom is 0.157 e. The van der Waals surface area contributed by atoms with E-state index in [1.54, 1.807) is 24.3 Å². The highest BCUT2D eigenvalue weighted by atomic mass is 35.5. The average Bonchev–Trinajstić information content (AvgIpc) is 2.55. The van der Waals surface area contributed by atoms with Gasteiger partial charge in [-0.05, 0) is 41.0 Å². The van der Waals surface area contributed by atoms with Crippen molar-refractivity contribution in [1.29, 1.82) is 0 Å². The highest BCUT2D eigenvalue weighted by molar-refractivity contribution is 6.37. The zero-order valence-corrected chi connectivity index (χ0v) is 13.6. The minimum atomic E-state index is -0.284. The summed E-state index contributed by atoms with van der Waals surface area (Å²) in [5.41, 5.74) is 2.68. The van der Waals surface area contributed by atoms with Gasteiger partial charge in [-0.15, -0.1) is 0 Å². The molecule has 3 rings (SSSR count). The van der Waals surface area contributed by atoms with Crippen molar-refractivity contribution in [1.82, 2.24) is 0 Å². The van der Waals surface area contributed by atoms with Crippen LogP contribution in [0.2, 0.25) is 10.0 Å². The first-order valence-electron chi connectivity index (χ1n) is 7.05. The van der Waals surface area contributed by atoms with Crippen LogP contribution in [0.1, 0.15) is 5.56 Å². The molecule has 0 radical (unpaired) electrons. The number of ether oxygens (including phenoxy) is 1. The van der Waals surface area contributed by atoms with Crippen molar-refractivity contribution in [2.24, 2.45) is 0 Å². The Labute approximate surface area is 144 Å². The van der Waals surface area contributed by atoms with Crippen LogP contribution in [-0.4, -0.2) is 0 Å². The minimum Gasteiger partial charge on any atom is -0.486 e. The van der Waals surface area contributed by atoms with Gasteiger partial charge in [0.05, 0.1) is 10.0 Å². The van der Waals surface area contributed by atoms with Gasteiger partial charge in [0.15, 0.2) is 5.75 Å². The Morgan fingerprint density at radius 1 is 0.783 bits per heavy atom. The van der Waals surface area contributed by atoms with Crippen molar-refractivity contribution in [3.63, 3.8) is 0 Å². The Morgan fingerprint density at radius 3 is 2.00 bits per heavy atom. The fourth-order valence-electron chi connectivity index (χ4n) is 2.24. The van der Waals surface area contributed by atoms with Crippen LogP contribution >= 0.6 is 23.2 Å². The average molecular weight is 347 g/mol.